The fourth-order valence-corrected chi connectivity index (χ4v) is 1.61. The Hall–Kier alpha value is -0.770. The number of rotatable bonds is 3. The van der Waals surface area contributed by atoms with Crippen LogP contribution in [0.2, 0.25) is 0 Å². The molecule has 1 saturated heterocycles. The average molecular weight is 252 g/mol. The van der Waals surface area contributed by atoms with E-state index < -0.39 is 43.0 Å². The van der Waals surface area contributed by atoms with Crippen molar-refractivity contribution in [1.82, 2.24) is 0 Å². The summed E-state index contributed by atoms with van der Waals surface area (Å²) >= 11 is 0. The summed E-state index contributed by atoms with van der Waals surface area (Å²) in [6.07, 6.45) is -6.24. The molecule has 1 heterocycles. The van der Waals surface area contributed by atoms with Crippen molar-refractivity contribution in [1.29, 1.82) is 0 Å². The fraction of sp³-hybridized carbons (Fsp3) is 0.889. The lowest BCUT2D eigenvalue weighted by Gasteiger charge is -2.45. The van der Waals surface area contributed by atoms with Crippen molar-refractivity contribution in [3.8, 4) is 0 Å². The largest absolute Gasteiger partial charge is 0.406 e. The van der Waals surface area contributed by atoms with Crippen molar-refractivity contribution in [2.45, 2.75) is 37.3 Å². The van der Waals surface area contributed by atoms with E-state index >= 15 is 0 Å². The van der Waals surface area contributed by atoms with Gasteiger partial charge in [-0.3, -0.25) is 4.79 Å². The van der Waals surface area contributed by atoms with Crippen LogP contribution in [0.4, 0.5) is 0 Å². The molecule has 0 saturated carbocycles. The van der Waals surface area contributed by atoms with Crippen LogP contribution in [0.1, 0.15) is 6.92 Å². The van der Waals surface area contributed by atoms with E-state index in [1.54, 1.807) is 0 Å². The van der Waals surface area contributed by atoms with Gasteiger partial charge < -0.3 is 34.6 Å². The first-order valence-corrected chi connectivity index (χ1v) is 4.95. The summed E-state index contributed by atoms with van der Waals surface area (Å²) < 4.78 is 14.4. The number of methoxy groups -OCH3 is 1. The topological polar surface area (TPSA) is 126 Å². The van der Waals surface area contributed by atoms with Crippen molar-refractivity contribution in [2.75, 3.05) is 13.7 Å². The number of hydrogen-bond acceptors (Lipinski definition) is 8. The second-order valence-corrected chi connectivity index (χ2v) is 3.67. The Morgan fingerprint density at radius 2 is 1.94 bits per heavy atom. The Labute approximate surface area is 97.3 Å². The van der Waals surface area contributed by atoms with Gasteiger partial charge in [-0.25, -0.2) is 0 Å². The molecule has 4 N–H and O–H groups in total. The predicted molar refractivity (Wildman–Crippen MR) is 51.5 cm³/mol. The molecular weight excluding hydrogens is 236 g/mol. The van der Waals surface area contributed by atoms with E-state index in [-0.39, 0.29) is 0 Å². The molecule has 0 spiro atoms. The van der Waals surface area contributed by atoms with E-state index in [1.807, 2.05) is 0 Å². The van der Waals surface area contributed by atoms with Crippen LogP contribution in [0, 0.1) is 0 Å². The van der Waals surface area contributed by atoms with Crippen LogP contribution in [-0.2, 0) is 19.0 Å². The summed E-state index contributed by atoms with van der Waals surface area (Å²) in [5.74, 6) is -3.05. The summed E-state index contributed by atoms with van der Waals surface area (Å²) in [6, 6.07) is 0. The number of carbonyl (C=O) groups is 1. The van der Waals surface area contributed by atoms with Gasteiger partial charge >= 0.3 is 11.9 Å². The predicted octanol–water partition coefficient (Wildman–Crippen LogP) is -2.68. The monoisotopic (exact) mass is 252 g/mol. The van der Waals surface area contributed by atoms with E-state index in [0.717, 1.165) is 14.0 Å². The van der Waals surface area contributed by atoms with E-state index in [9.17, 15) is 20.1 Å². The van der Waals surface area contributed by atoms with Crippen LogP contribution in [0.25, 0.3) is 0 Å². The summed E-state index contributed by atoms with van der Waals surface area (Å²) in [6.45, 7) is 0.416. The van der Waals surface area contributed by atoms with Gasteiger partial charge in [0.2, 0.25) is 0 Å². The zero-order chi connectivity index (χ0) is 13.2. The fourth-order valence-electron chi connectivity index (χ4n) is 1.61. The summed E-state index contributed by atoms with van der Waals surface area (Å²) in [7, 11) is 1.09. The number of esters is 1. The Morgan fingerprint density at radius 1 is 1.35 bits per heavy atom. The zero-order valence-electron chi connectivity index (χ0n) is 9.44. The van der Waals surface area contributed by atoms with Crippen LogP contribution in [0.5, 0.6) is 0 Å². The first kappa shape index (κ1) is 14.3. The molecule has 0 bridgehead atoms. The molecule has 17 heavy (non-hydrogen) atoms. The minimum atomic E-state index is -2.24. The van der Waals surface area contributed by atoms with Crippen LogP contribution in [0.3, 0.4) is 0 Å². The molecule has 8 nitrogen and oxygen atoms in total. The van der Waals surface area contributed by atoms with Crippen LogP contribution in [-0.4, -0.2) is 70.5 Å². The molecule has 100 valence electrons. The van der Waals surface area contributed by atoms with Crippen molar-refractivity contribution in [3.63, 3.8) is 0 Å². The van der Waals surface area contributed by atoms with Crippen LogP contribution >= 0.6 is 0 Å². The number of aliphatic hydroxyl groups excluding tert-OH is 4. The van der Waals surface area contributed by atoms with Gasteiger partial charge in [-0.15, -0.1) is 0 Å². The van der Waals surface area contributed by atoms with Gasteiger partial charge in [-0.05, 0) is 0 Å². The second kappa shape index (κ2) is 5.25. The molecule has 1 fully saturated rings. The van der Waals surface area contributed by atoms with Gasteiger partial charge in [0.15, 0.2) is 6.10 Å². The van der Waals surface area contributed by atoms with Gasteiger partial charge in [0.05, 0.1) is 6.61 Å². The van der Waals surface area contributed by atoms with Gasteiger partial charge in [-0.1, -0.05) is 0 Å². The molecule has 1 rings (SSSR count). The Bertz CT molecular complexity index is 280. The third kappa shape index (κ3) is 2.57. The van der Waals surface area contributed by atoms with Crippen LogP contribution in [0.15, 0.2) is 0 Å². The maximum Gasteiger partial charge on any atom is 0.359 e. The van der Waals surface area contributed by atoms with Gasteiger partial charge in [0.25, 0.3) is 0 Å². The Morgan fingerprint density at radius 3 is 2.35 bits per heavy atom. The average Bonchev–Trinajstić information content (AvgIpc) is 2.29. The number of aliphatic hydroxyl groups is 4. The number of carbonyl (C=O) groups excluding carboxylic acids is 1. The quantitative estimate of drug-likeness (QED) is 0.316. The maximum absolute atomic E-state index is 10.9. The lowest BCUT2D eigenvalue weighted by atomic mass is 9.98. The smallest absolute Gasteiger partial charge is 0.359 e. The highest BCUT2D eigenvalue weighted by molar-refractivity contribution is 5.66. The molecule has 1 aliphatic rings. The molecule has 5 atom stereocenters. The van der Waals surface area contributed by atoms with Crippen molar-refractivity contribution in [2.24, 2.45) is 0 Å². The first-order valence-electron chi connectivity index (χ1n) is 4.95. The summed E-state index contributed by atoms with van der Waals surface area (Å²) in [5.41, 5.74) is 0. The van der Waals surface area contributed by atoms with Gasteiger partial charge in [0, 0.05) is 14.0 Å². The molecular formula is C9H16O8. The summed E-state index contributed by atoms with van der Waals surface area (Å²) in [5, 5.41) is 37.7. The van der Waals surface area contributed by atoms with E-state index in [2.05, 4.69) is 4.74 Å². The molecule has 1 aliphatic heterocycles. The molecule has 8 heteroatoms. The lowest BCUT2D eigenvalue weighted by Crippen LogP contribution is -2.67. The standard InChI is InChI=1S/C9H16O8/c1-4(11)16-9(15-2)8(14)7(13)6(12)5(3-10)17-9/h5-8,10,12-14H,3H2,1-2H3/t5-,6-,7+,8-,9-/m1/s1. The second-order valence-electron chi connectivity index (χ2n) is 3.67. The molecule has 0 aromatic heterocycles. The molecule has 0 unspecified atom stereocenters. The van der Waals surface area contributed by atoms with Gasteiger partial charge in [0.1, 0.15) is 18.3 Å². The molecule has 0 aromatic rings. The van der Waals surface area contributed by atoms with Gasteiger partial charge in [-0.2, -0.15) is 0 Å². The maximum atomic E-state index is 10.9. The van der Waals surface area contributed by atoms with E-state index in [0.29, 0.717) is 0 Å². The van der Waals surface area contributed by atoms with E-state index in [1.165, 1.54) is 0 Å². The highest BCUT2D eigenvalue weighted by atomic mass is 16.9. The zero-order valence-corrected chi connectivity index (χ0v) is 9.44. The molecule has 0 aliphatic carbocycles. The minimum absolute atomic E-state index is 0.642. The third-order valence-electron chi connectivity index (χ3n) is 2.48. The minimum Gasteiger partial charge on any atom is -0.406 e. The number of ether oxygens (including phenoxy) is 3. The van der Waals surface area contributed by atoms with Crippen molar-refractivity contribution < 1.29 is 39.4 Å². The SMILES string of the molecule is CO[C@]1(OC(C)=O)O[C@H](CO)[C@@H](O)[C@H](O)[C@H]1O. The normalized spacial score (nSPS) is 42.2. The lowest BCUT2D eigenvalue weighted by molar-refractivity contribution is -0.441. The highest BCUT2D eigenvalue weighted by Gasteiger charge is 2.57. The van der Waals surface area contributed by atoms with Crippen LogP contribution < -0.4 is 0 Å². The third-order valence-corrected chi connectivity index (χ3v) is 2.48. The highest BCUT2D eigenvalue weighted by Crippen LogP contribution is 2.31. The molecule has 0 amide bonds. The Kier molecular flexibility index (Phi) is 4.42. The molecule has 0 aromatic carbocycles. The molecule has 0 radical (unpaired) electrons. The number of hydrogen-bond donors (Lipinski definition) is 4. The first-order chi connectivity index (χ1) is 7.88. The van der Waals surface area contributed by atoms with Crippen molar-refractivity contribution in [3.05, 3.63) is 0 Å². The van der Waals surface area contributed by atoms with Crippen molar-refractivity contribution >= 4 is 5.97 Å². The summed E-state index contributed by atoms with van der Waals surface area (Å²) in [4.78, 5) is 10.9. The Balaban J connectivity index is 2.99. The van der Waals surface area contributed by atoms with E-state index in [4.69, 9.17) is 14.6 Å².